The number of carboxylic acid groups (broad SMARTS) is 1. The van der Waals surface area contributed by atoms with Crippen LogP contribution in [-0.2, 0) is 14.3 Å². The Kier molecular flexibility index (Phi) is 8.06. The van der Waals surface area contributed by atoms with Crippen LogP contribution in [0.5, 0.6) is 0 Å². The highest BCUT2D eigenvalue weighted by molar-refractivity contribution is 5.89. The summed E-state index contributed by atoms with van der Waals surface area (Å²) in [6.45, 7) is 3.51. The molecule has 0 fully saturated rings. The zero-order chi connectivity index (χ0) is 24.0. The van der Waals surface area contributed by atoms with Gasteiger partial charge in [-0.05, 0) is 34.6 Å². The van der Waals surface area contributed by atoms with Crippen LogP contribution in [0.4, 0.5) is 4.79 Å². The molecule has 0 spiro atoms. The second kappa shape index (κ2) is 11.0. The monoisotopic (exact) mass is 454 g/mol. The molecule has 3 rings (SSSR count). The molecule has 0 heterocycles. The largest absolute Gasteiger partial charge is 0.480 e. The van der Waals surface area contributed by atoms with Gasteiger partial charge in [-0.15, -0.1) is 0 Å². The van der Waals surface area contributed by atoms with E-state index in [1.165, 1.54) is 0 Å². The first-order chi connectivity index (χ1) is 15.8. The summed E-state index contributed by atoms with van der Waals surface area (Å²) in [5.74, 6) is -1.92. The van der Waals surface area contributed by atoms with Crippen LogP contribution in [0.2, 0.25) is 0 Å². The van der Waals surface area contributed by atoms with Crippen molar-refractivity contribution < 1.29 is 29.3 Å². The lowest BCUT2D eigenvalue weighted by Crippen LogP contribution is -2.52. The molecule has 0 bridgehead atoms. The molecule has 2 amide bonds. The van der Waals surface area contributed by atoms with Crippen LogP contribution in [0.3, 0.4) is 0 Å². The van der Waals surface area contributed by atoms with Gasteiger partial charge in [0.1, 0.15) is 18.7 Å². The lowest BCUT2D eigenvalue weighted by Gasteiger charge is -2.23. The van der Waals surface area contributed by atoms with Crippen LogP contribution in [0.25, 0.3) is 11.1 Å². The van der Waals surface area contributed by atoms with Crippen molar-refractivity contribution in [2.75, 3.05) is 13.2 Å². The normalized spacial score (nSPS) is 14.2. The summed E-state index contributed by atoms with van der Waals surface area (Å²) in [6, 6.07) is 13.8. The third-order valence-corrected chi connectivity index (χ3v) is 5.69. The van der Waals surface area contributed by atoms with Gasteiger partial charge in [0.2, 0.25) is 5.91 Å². The molecule has 33 heavy (non-hydrogen) atoms. The molecule has 0 saturated carbocycles. The van der Waals surface area contributed by atoms with E-state index >= 15 is 0 Å². The number of hydrogen-bond donors (Lipinski definition) is 4. The number of fused-ring (bicyclic) bond motifs is 3. The van der Waals surface area contributed by atoms with E-state index in [-0.39, 0.29) is 31.5 Å². The van der Waals surface area contributed by atoms with Crippen molar-refractivity contribution in [1.29, 1.82) is 0 Å². The van der Waals surface area contributed by atoms with Crippen molar-refractivity contribution >= 4 is 18.0 Å². The fourth-order valence-corrected chi connectivity index (χ4v) is 4.14. The van der Waals surface area contributed by atoms with Gasteiger partial charge in [-0.25, -0.2) is 9.59 Å². The first kappa shape index (κ1) is 24.3. The second-order valence-corrected chi connectivity index (χ2v) is 8.56. The van der Waals surface area contributed by atoms with E-state index in [0.717, 1.165) is 22.3 Å². The summed E-state index contributed by atoms with van der Waals surface area (Å²) in [6.07, 6.45) is -0.561. The Hall–Kier alpha value is -3.39. The molecule has 8 heteroatoms. The highest BCUT2D eigenvalue weighted by atomic mass is 16.5. The maximum absolute atomic E-state index is 12.7. The maximum Gasteiger partial charge on any atom is 0.407 e. The molecule has 4 N–H and O–H groups in total. The summed E-state index contributed by atoms with van der Waals surface area (Å²) in [4.78, 5) is 36.6. The number of carboxylic acids is 1. The summed E-state index contributed by atoms with van der Waals surface area (Å²) in [7, 11) is 0. The van der Waals surface area contributed by atoms with E-state index in [1.54, 1.807) is 0 Å². The summed E-state index contributed by atoms with van der Waals surface area (Å²) >= 11 is 0. The molecule has 0 aromatic heterocycles. The number of nitrogens with one attached hydrogen (secondary N) is 2. The van der Waals surface area contributed by atoms with Crippen molar-refractivity contribution in [2.45, 2.75) is 44.7 Å². The van der Waals surface area contributed by atoms with Crippen LogP contribution >= 0.6 is 0 Å². The van der Waals surface area contributed by atoms with Gasteiger partial charge in [-0.3, -0.25) is 4.79 Å². The third-order valence-electron chi connectivity index (χ3n) is 5.69. The smallest absolute Gasteiger partial charge is 0.407 e. The van der Waals surface area contributed by atoms with Crippen LogP contribution in [0.1, 0.15) is 43.7 Å². The third kappa shape index (κ3) is 5.90. The van der Waals surface area contributed by atoms with Gasteiger partial charge in [0.15, 0.2) is 0 Å². The van der Waals surface area contributed by atoms with Gasteiger partial charge in [0, 0.05) is 18.9 Å². The van der Waals surface area contributed by atoms with Crippen molar-refractivity contribution in [3.63, 3.8) is 0 Å². The minimum Gasteiger partial charge on any atom is -0.480 e. The molecule has 2 atom stereocenters. The van der Waals surface area contributed by atoms with Gasteiger partial charge in [0.05, 0.1) is 0 Å². The number of hydrogen-bond acceptors (Lipinski definition) is 5. The van der Waals surface area contributed by atoms with Crippen molar-refractivity contribution in [2.24, 2.45) is 5.92 Å². The van der Waals surface area contributed by atoms with E-state index < -0.39 is 30.1 Å². The molecule has 0 radical (unpaired) electrons. The molecule has 8 nitrogen and oxygen atoms in total. The van der Waals surface area contributed by atoms with Crippen molar-refractivity contribution in [3.05, 3.63) is 59.7 Å². The molecule has 1 aliphatic carbocycles. The average molecular weight is 455 g/mol. The van der Waals surface area contributed by atoms with E-state index in [1.807, 2.05) is 62.4 Å². The quantitative estimate of drug-likeness (QED) is 0.438. The molecule has 1 aliphatic rings. The molecule has 0 saturated heterocycles. The SMILES string of the molecule is CC(C)C[C@@H](NC(=O)OCC1c2ccccc2-c2ccccc21)C(=O)N[C@H](CCO)C(=O)O. The number of carbonyl (C=O) groups is 3. The highest BCUT2D eigenvalue weighted by Gasteiger charge is 2.31. The first-order valence-corrected chi connectivity index (χ1v) is 11.1. The Balaban J connectivity index is 1.66. The van der Waals surface area contributed by atoms with Gasteiger partial charge < -0.3 is 25.6 Å². The number of benzene rings is 2. The predicted octanol–water partition coefficient (Wildman–Crippen LogP) is 2.89. The average Bonchev–Trinajstić information content (AvgIpc) is 3.10. The van der Waals surface area contributed by atoms with Crippen LogP contribution in [0, 0.1) is 5.92 Å². The zero-order valence-corrected chi connectivity index (χ0v) is 18.8. The minimum atomic E-state index is -1.25. The van der Waals surface area contributed by atoms with Gasteiger partial charge in [0.25, 0.3) is 0 Å². The van der Waals surface area contributed by atoms with Crippen LogP contribution in [0.15, 0.2) is 48.5 Å². The van der Waals surface area contributed by atoms with E-state index in [4.69, 9.17) is 9.84 Å². The van der Waals surface area contributed by atoms with Gasteiger partial charge in [-0.1, -0.05) is 62.4 Å². The van der Waals surface area contributed by atoms with E-state index in [0.29, 0.717) is 6.42 Å². The lowest BCUT2D eigenvalue weighted by molar-refractivity contribution is -0.142. The van der Waals surface area contributed by atoms with Crippen molar-refractivity contribution in [1.82, 2.24) is 10.6 Å². The number of ether oxygens (including phenoxy) is 1. The maximum atomic E-state index is 12.7. The lowest BCUT2D eigenvalue weighted by atomic mass is 9.98. The fraction of sp³-hybridized carbons (Fsp3) is 0.400. The van der Waals surface area contributed by atoms with Gasteiger partial charge >= 0.3 is 12.1 Å². The molecule has 2 aromatic carbocycles. The first-order valence-electron chi connectivity index (χ1n) is 11.1. The zero-order valence-electron chi connectivity index (χ0n) is 18.8. The Morgan fingerprint density at radius 3 is 2.03 bits per heavy atom. The predicted molar refractivity (Wildman–Crippen MR) is 123 cm³/mol. The van der Waals surface area contributed by atoms with E-state index in [2.05, 4.69) is 10.6 Å². The topological polar surface area (TPSA) is 125 Å². The van der Waals surface area contributed by atoms with Crippen molar-refractivity contribution in [3.8, 4) is 11.1 Å². The molecular formula is C25H30N2O6. The fourth-order valence-electron chi connectivity index (χ4n) is 4.14. The Bertz CT molecular complexity index is 960. The number of rotatable bonds is 10. The van der Waals surface area contributed by atoms with E-state index in [9.17, 15) is 19.5 Å². The highest BCUT2D eigenvalue weighted by Crippen LogP contribution is 2.44. The number of alkyl carbamates (subject to hydrolysis) is 1. The Morgan fingerprint density at radius 2 is 1.52 bits per heavy atom. The Morgan fingerprint density at radius 1 is 0.939 bits per heavy atom. The molecule has 2 aromatic rings. The summed E-state index contributed by atoms with van der Waals surface area (Å²) in [5.41, 5.74) is 4.39. The summed E-state index contributed by atoms with van der Waals surface area (Å²) < 4.78 is 5.52. The number of aliphatic hydroxyl groups is 1. The number of carbonyl (C=O) groups excluding carboxylic acids is 2. The molecular weight excluding hydrogens is 424 g/mol. The minimum absolute atomic E-state index is 0.0655. The Labute approximate surface area is 193 Å². The number of amides is 2. The second-order valence-electron chi connectivity index (χ2n) is 8.56. The standard InChI is InChI=1S/C25H30N2O6/c1-15(2)13-22(23(29)26-21(11-12-28)24(30)31)27-25(32)33-14-20-18-9-5-3-7-16(18)17-8-4-6-10-19(17)20/h3-10,15,20-22,28H,11-14H2,1-2H3,(H,26,29)(H,27,32)(H,30,31)/t21-,22-/m1/s1. The van der Waals surface area contributed by atoms with Crippen LogP contribution in [-0.4, -0.2) is 53.5 Å². The molecule has 0 unspecified atom stereocenters. The van der Waals surface area contributed by atoms with Crippen LogP contribution < -0.4 is 10.6 Å². The molecule has 0 aliphatic heterocycles. The number of aliphatic hydroxyl groups excluding tert-OH is 1. The number of aliphatic carboxylic acids is 1. The van der Waals surface area contributed by atoms with Gasteiger partial charge in [-0.2, -0.15) is 0 Å². The molecule has 176 valence electrons. The summed E-state index contributed by atoms with van der Waals surface area (Å²) in [5, 5.41) is 23.2.